The van der Waals surface area contributed by atoms with Gasteiger partial charge in [0.15, 0.2) is 18.6 Å². The maximum absolute atomic E-state index is 11.3. The number of amides is 1. The van der Waals surface area contributed by atoms with Crippen molar-refractivity contribution in [1.82, 2.24) is 5.32 Å². The minimum atomic E-state index is -0.725. The number of hydrogen-bond acceptors (Lipinski definition) is 5. The Hall–Kier alpha value is -1.56. The third-order valence-electron chi connectivity index (χ3n) is 1.67. The van der Waals surface area contributed by atoms with Crippen molar-refractivity contribution in [3.8, 4) is 0 Å². The van der Waals surface area contributed by atoms with Gasteiger partial charge in [-0.05, 0) is 0 Å². The number of azo groups is 1. The van der Waals surface area contributed by atoms with Crippen LogP contribution in [0, 0.1) is 0 Å². The third kappa shape index (κ3) is 1.48. The van der Waals surface area contributed by atoms with E-state index in [2.05, 4.69) is 27.1 Å². The van der Waals surface area contributed by atoms with Gasteiger partial charge in [0.1, 0.15) is 0 Å². The van der Waals surface area contributed by atoms with Crippen LogP contribution in [0.3, 0.4) is 0 Å². The summed E-state index contributed by atoms with van der Waals surface area (Å²) in [5, 5.41) is 9.89. The van der Waals surface area contributed by atoms with Gasteiger partial charge in [0, 0.05) is 5.70 Å². The molecule has 2 aliphatic rings. The van der Waals surface area contributed by atoms with Crippen molar-refractivity contribution in [2.24, 2.45) is 15.2 Å². The molecule has 68 valence electrons. The fraction of sp³-hybridized carbons (Fsp3) is 0.429. The molecule has 0 aromatic carbocycles. The molecular weight excluding hydrogens is 172 g/mol. The van der Waals surface area contributed by atoms with E-state index >= 15 is 0 Å². The number of carbonyl (C=O) groups excluding carboxylic acids is 1. The summed E-state index contributed by atoms with van der Waals surface area (Å²) in [7, 11) is 0. The van der Waals surface area contributed by atoms with Crippen LogP contribution in [0.15, 0.2) is 27.5 Å². The molecule has 1 atom stereocenters. The molecule has 0 aromatic heterocycles. The molecule has 13 heavy (non-hydrogen) atoms. The second-order valence-electron chi connectivity index (χ2n) is 2.68. The number of nitrogens with zero attached hydrogens (tertiary/aromatic N) is 3. The molecule has 0 saturated carbocycles. The molecule has 6 nitrogen and oxygen atoms in total. The third-order valence-corrected chi connectivity index (χ3v) is 1.67. The molecule has 0 aliphatic carbocycles. The zero-order valence-corrected chi connectivity index (χ0v) is 6.86. The standard InChI is InChI=1S/C7H8N4O2/c1-4-2-13-5(7(12)10-4)6-8-3-9-11-6/h5H,1-3H2,(H,10,12). The Kier molecular flexibility index (Phi) is 1.90. The average molecular weight is 180 g/mol. The van der Waals surface area contributed by atoms with Crippen molar-refractivity contribution in [2.75, 3.05) is 13.3 Å². The van der Waals surface area contributed by atoms with Crippen LogP contribution in [0.2, 0.25) is 0 Å². The summed E-state index contributed by atoms with van der Waals surface area (Å²) in [6.45, 7) is 4.15. The first-order valence-corrected chi connectivity index (χ1v) is 3.79. The van der Waals surface area contributed by atoms with Gasteiger partial charge in [-0.25, -0.2) is 4.99 Å². The number of morpholine rings is 1. The van der Waals surface area contributed by atoms with Crippen LogP contribution in [0.25, 0.3) is 0 Å². The van der Waals surface area contributed by atoms with E-state index < -0.39 is 6.10 Å². The monoisotopic (exact) mass is 180 g/mol. The van der Waals surface area contributed by atoms with Crippen molar-refractivity contribution < 1.29 is 9.53 Å². The van der Waals surface area contributed by atoms with E-state index in [0.717, 1.165) is 0 Å². The number of rotatable bonds is 1. The molecule has 1 unspecified atom stereocenters. The summed E-state index contributed by atoms with van der Waals surface area (Å²) in [6.07, 6.45) is -0.725. The van der Waals surface area contributed by atoms with E-state index in [-0.39, 0.29) is 12.6 Å². The Labute approximate surface area is 74.4 Å². The lowest BCUT2D eigenvalue weighted by atomic mass is 10.2. The molecule has 0 spiro atoms. The van der Waals surface area contributed by atoms with Crippen LogP contribution in [0.5, 0.6) is 0 Å². The normalized spacial score (nSPS) is 27.4. The van der Waals surface area contributed by atoms with Crippen LogP contribution >= 0.6 is 0 Å². The summed E-state index contributed by atoms with van der Waals surface area (Å²) >= 11 is 0. The zero-order chi connectivity index (χ0) is 9.26. The van der Waals surface area contributed by atoms with E-state index in [1.54, 1.807) is 0 Å². The highest BCUT2D eigenvalue weighted by molar-refractivity contribution is 6.07. The van der Waals surface area contributed by atoms with Gasteiger partial charge >= 0.3 is 0 Å². The van der Waals surface area contributed by atoms with Crippen molar-refractivity contribution >= 4 is 11.7 Å². The number of amidine groups is 1. The molecule has 1 saturated heterocycles. The number of hydrogen-bond donors (Lipinski definition) is 1. The van der Waals surface area contributed by atoms with Gasteiger partial charge in [-0.15, -0.1) is 5.11 Å². The lowest BCUT2D eigenvalue weighted by Crippen LogP contribution is -2.46. The number of ether oxygens (including phenoxy) is 1. The molecule has 2 aliphatic heterocycles. The molecule has 6 heteroatoms. The predicted octanol–water partition coefficient (Wildman–Crippen LogP) is -0.163. The molecule has 2 heterocycles. The summed E-state index contributed by atoms with van der Waals surface area (Å²) in [5.74, 6) is 0.0563. The molecule has 0 bridgehead atoms. The van der Waals surface area contributed by atoms with Crippen LogP contribution in [-0.4, -0.2) is 31.1 Å². The Bertz CT molecular complexity index is 320. The molecule has 2 rings (SSSR count). The Balaban J connectivity index is 2.12. The van der Waals surface area contributed by atoms with E-state index in [1.807, 2.05) is 0 Å². The second kappa shape index (κ2) is 3.06. The molecule has 1 N–H and O–H groups in total. The summed E-state index contributed by atoms with van der Waals surface area (Å²) in [4.78, 5) is 15.2. The van der Waals surface area contributed by atoms with E-state index in [9.17, 15) is 4.79 Å². The molecular formula is C7H8N4O2. The van der Waals surface area contributed by atoms with Gasteiger partial charge < -0.3 is 10.1 Å². The van der Waals surface area contributed by atoms with Crippen molar-refractivity contribution in [2.45, 2.75) is 6.10 Å². The minimum Gasteiger partial charge on any atom is -0.354 e. The summed E-state index contributed by atoms with van der Waals surface area (Å²) < 4.78 is 5.19. The highest BCUT2D eigenvalue weighted by atomic mass is 16.5. The molecule has 0 radical (unpaired) electrons. The van der Waals surface area contributed by atoms with Crippen molar-refractivity contribution in [3.63, 3.8) is 0 Å². The van der Waals surface area contributed by atoms with Crippen molar-refractivity contribution in [1.29, 1.82) is 0 Å². The SMILES string of the molecule is C=C1COC(C2=NCN=N2)C(=O)N1. The lowest BCUT2D eigenvalue weighted by molar-refractivity contribution is -0.130. The Morgan fingerprint density at radius 1 is 1.62 bits per heavy atom. The number of nitrogens with one attached hydrogen (secondary N) is 1. The van der Waals surface area contributed by atoms with Crippen LogP contribution in [0.4, 0.5) is 0 Å². The van der Waals surface area contributed by atoms with Gasteiger partial charge in [-0.2, -0.15) is 5.11 Å². The van der Waals surface area contributed by atoms with Crippen LogP contribution in [0.1, 0.15) is 0 Å². The zero-order valence-electron chi connectivity index (χ0n) is 6.86. The van der Waals surface area contributed by atoms with Gasteiger partial charge in [-0.1, -0.05) is 6.58 Å². The quantitative estimate of drug-likeness (QED) is 0.608. The van der Waals surface area contributed by atoms with Gasteiger partial charge in [0.2, 0.25) is 0 Å². The highest BCUT2D eigenvalue weighted by Gasteiger charge is 2.30. The van der Waals surface area contributed by atoms with Gasteiger partial charge in [0.25, 0.3) is 5.91 Å². The molecule has 0 aromatic rings. The largest absolute Gasteiger partial charge is 0.354 e. The highest BCUT2D eigenvalue weighted by Crippen LogP contribution is 2.09. The van der Waals surface area contributed by atoms with Crippen LogP contribution in [-0.2, 0) is 9.53 Å². The fourth-order valence-corrected chi connectivity index (χ4v) is 1.10. The Morgan fingerprint density at radius 3 is 3.08 bits per heavy atom. The van der Waals surface area contributed by atoms with E-state index in [0.29, 0.717) is 18.1 Å². The topological polar surface area (TPSA) is 75.4 Å². The smallest absolute Gasteiger partial charge is 0.261 e. The number of aliphatic imine (C=N–C) groups is 1. The van der Waals surface area contributed by atoms with Crippen LogP contribution < -0.4 is 5.32 Å². The fourth-order valence-electron chi connectivity index (χ4n) is 1.10. The predicted molar refractivity (Wildman–Crippen MR) is 44.2 cm³/mol. The first kappa shape index (κ1) is 8.06. The first-order chi connectivity index (χ1) is 6.27. The van der Waals surface area contributed by atoms with Gasteiger partial charge in [-0.3, -0.25) is 4.79 Å². The summed E-state index contributed by atoms with van der Waals surface area (Å²) in [5.41, 5.74) is 0.553. The lowest BCUT2D eigenvalue weighted by Gasteiger charge is -2.22. The maximum atomic E-state index is 11.3. The minimum absolute atomic E-state index is 0.281. The summed E-state index contributed by atoms with van der Waals surface area (Å²) in [6, 6.07) is 0. The van der Waals surface area contributed by atoms with E-state index in [1.165, 1.54) is 0 Å². The molecule has 1 amide bonds. The van der Waals surface area contributed by atoms with E-state index in [4.69, 9.17) is 4.74 Å². The number of carbonyl (C=O) groups is 1. The van der Waals surface area contributed by atoms with Crippen molar-refractivity contribution in [3.05, 3.63) is 12.3 Å². The molecule has 1 fully saturated rings. The Morgan fingerprint density at radius 2 is 2.46 bits per heavy atom. The van der Waals surface area contributed by atoms with Gasteiger partial charge in [0.05, 0.1) is 6.61 Å². The first-order valence-electron chi connectivity index (χ1n) is 3.79. The second-order valence-corrected chi connectivity index (χ2v) is 2.68. The average Bonchev–Trinajstić information content (AvgIpc) is 2.56. The maximum Gasteiger partial charge on any atom is 0.261 e.